The van der Waals surface area contributed by atoms with Crippen LogP contribution in [0.4, 0.5) is 4.39 Å². The van der Waals surface area contributed by atoms with Crippen molar-refractivity contribution >= 4 is 28.5 Å². The number of hydrogen-bond donors (Lipinski definition) is 0. The Labute approximate surface area is 197 Å². The summed E-state index contributed by atoms with van der Waals surface area (Å²) in [6, 6.07) is 22.1. The summed E-state index contributed by atoms with van der Waals surface area (Å²) in [6.07, 6.45) is 3.68. The molecule has 4 nitrogen and oxygen atoms in total. The third-order valence-corrected chi connectivity index (χ3v) is 5.97. The van der Waals surface area contributed by atoms with E-state index in [0.29, 0.717) is 5.56 Å². The summed E-state index contributed by atoms with van der Waals surface area (Å²) in [5.41, 5.74) is 6.51. The molecule has 1 heterocycles. The van der Waals surface area contributed by atoms with Crippen molar-refractivity contribution in [1.29, 1.82) is 0 Å². The van der Waals surface area contributed by atoms with Crippen LogP contribution in [-0.4, -0.2) is 24.2 Å². The van der Waals surface area contributed by atoms with Crippen molar-refractivity contribution in [1.82, 2.24) is 4.98 Å². The van der Waals surface area contributed by atoms with E-state index in [9.17, 15) is 9.18 Å². The maximum Gasteiger partial charge on any atom is 0.339 e. The largest absolute Gasteiger partial charge is 0.487 e. The molecular formula is C29H24FNO3. The summed E-state index contributed by atoms with van der Waals surface area (Å²) in [7, 11) is 0. The van der Waals surface area contributed by atoms with Gasteiger partial charge in [0.15, 0.2) is 11.6 Å². The number of pyridine rings is 1. The zero-order valence-corrected chi connectivity index (χ0v) is 18.9. The summed E-state index contributed by atoms with van der Waals surface area (Å²) in [6.45, 7) is 2.15. The minimum atomic E-state index is -0.445. The van der Waals surface area contributed by atoms with Crippen LogP contribution in [0.1, 0.15) is 39.2 Å². The van der Waals surface area contributed by atoms with Crippen LogP contribution in [0.2, 0.25) is 0 Å². The van der Waals surface area contributed by atoms with E-state index in [1.165, 1.54) is 11.6 Å². The van der Waals surface area contributed by atoms with Crippen LogP contribution in [-0.2, 0) is 11.2 Å². The Morgan fingerprint density at radius 1 is 0.971 bits per heavy atom. The fourth-order valence-corrected chi connectivity index (χ4v) is 4.30. The first-order valence-electron chi connectivity index (χ1n) is 11.3. The average molecular weight is 454 g/mol. The van der Waals surface area contributed by atoms with Gasteiger partial charge in [-0.2, -0.15) is 0 Å². The van der Waals surface area contributed by atoms with Crippen LogP contribution < -0.4 is 4.74 Å². The van der Waals surface area contributed by atoms with Gasteiger partial charge in [-0.05, 0) is 60.7 Å². The SMILES string of the molecule is Cc1ccc(C=C2CCc3c2nc2ccccc2c3C(=O)OCCOc2ccccc2F)cc1. The van der Waals surface area contributed by atoms with E-state index >= 15 is 0 Å². The van der Waals surface area contributed by atoms with Crippen molar-refractivity contribution in [3.8, 4) is 5.75 Å². The monoisotopic (exact) mass is 453 g/mol. The lowest BCUT2D eigenvalue weighted by atomic mass is 10.0. The second kappa shape index (κ2) is 9.48. The van der Waals surface area contributed by atoms with Crippen molar-refractivity contribution < 1.29 is 18.7 Å². The minimum absolute atomic E-state index is 0.0185. The third kappa shape index (κ3) is 4.42. The molecule has 1 aromatic heterocycles. The number of fused-ring (bicyclic) bond motifs is 2. The summed E-state index contributed by atoms with van der Waals surface area (Å²) in [4.78, 5) is 18.1. The average Bonchev–Trinajstić information content (AvgIpc) is 3.24. The standard InChI is InChI=1S/C29H24FNO3/c1-19-10-12-20(13-11-19)18-21-14-15-23-27(22-6-2-4-8-25(22)31-28(21)23)29(32)34-17-16-33-26-9-5-3-7-24(26)30/h2-13,18H,14-17H2,1H3. The third-order valence-electron chi connectivity index (χ3n) is 5.97. The van der Waals surface area contributed by atoms with E-state index in [1.807, 2.05) is 24.3 Å². The molecule has 4 aromatic rings. The van der Waals surface area contributed by atoms with Gasteiger partial charge in [0.05, 0.1) is 16.8 Å². The van der Waals surface area contributed by atoms with E-state index in [4.69, 9.17) is 14.5 Å². The van der Waals surface area contributed by atoms with Crippen LogP contribution in [0.25, 0.3) is 22.6 Å². The topological polar surface area (TPSA) is 48.4 Å². The number of para-hydroxylation sites is 2. The van der Waals surface area contributed by atoms with Gasteiger partial charge in [0, 0.05) is 5.39 Å². The molecule has 0 unspecified atom stereocenters. The lowest BCUT2D eigenvalue weighted by Crippen LogP contribution is -2.15. The van der Waals surface area contributed by atoms with Gasteiger partial charge in [-0.1, -0.05) is 60.2 Å². The zero-order valence-electron chi connectivity index (χ0n) is 18.9. The van der Waals surface area contributed by atoms with Crippen molar-refractivity contribution in [2.45, 2.75) is 19.8 Å². The van der Waals surface area contributed by atoms with E-state index < -0.39 is 11.8 Å². The van der Waals surface area contributed by atoms with E-state index in [0.717, 1.165) is 46.1 Å². The lowest BCUT2D eigenvalue weighted by Gasteiger charge is -2.13. The molecule has 0 N–H and O–H groups in total. The van der Waals surface area contributed by atoms with Crippen LogP contribution in [0, 0.1) is 12.7 Å². The number of allylic oxidation sites excluding steroid dienone is 1. The Hall–Kier alpha value is -3.99. The molecular weight excluding hydrogens is 429 g/mol. The molecule has 34 heavy (non-hydrogen) atoms. The second-order valence-electron chi connectivity index (χ2n) is 8.33. The first-order valence-corrected chi connectivity index (χ1v) is 11.3. The van der Waals surface area contributed by atoms with Crippen LogP contribution in [0.5, 0.6) is 5.75 Å². The predicted molar refractivity (Wildman–Crippen MR) is 131 cm³/mol. The molecule has 0 radical (unpaired) electrons. The highest BCUT2D eigenvalue weighted by Gasteiger charge is 2.27. The van der Waals surface area contributed by atoms with Crippen molar-refractivity contribution in [2.75, 3.05) is 13.2 Å². The Kier molecular flexibility index (Phi) is 6.09. The first-order chi connectivity index (χ1) is 16.6. The van der Waals surface area contributed by atoms with E-state index in [1.54, 1.807) is 18.2 Å². The predicted octanol–water partition coefficient (Wildman–Crippen LogP) is 6.40. The molecule has 0 saturated heterocycles. The van der Waals surface area contributed by atoms with Gasteiger partial charge in [-0.3, -0.25) is 0 Å². The van der Waals surface area contributed by atoms with Gasteiger partial charge < -0.3 is 9.47 Å². The second-order valence-corrected chi connectivity index (χ2v) is 8.33. The highest BCUT2D eigenvalue weighted by atomic mass is 19.1. The molecule has 170 valence electrons. The maximum atomic E-state index is 13.7. The molecule has 1 aliphatic carbocycles. The summed E-state index contributed by atoms with van der Waals surface area (Å²) in [5.74, 6) is -0.720. The van der Waals surface area contributed by atoms with Gasteiger partial charge in [0.1, 0.15) is 13.2 Å². The summed E-state index contributed by atoms with van der Waals surface area (Å²) < 4.78 is 24.7. The summed E-state index contributed by atoms with van der Waals surface area (Å²) >= 11 is 0. The van der Waals surface area contributed by atoms with Gasteiger partial charge >= 0.3 is 5.97 Å². The number of nitrogens with zero attached hydrogens (tertiary/aromatic N) is 1. The number of ether oxygens (including phenoxy) is 2. The summed E-state index contributed by atoms with van der Waals surface area (Å²) in [5, 5.41) is 0.776. The molecule has 0 aliphatic heterocycles. The van der Waals surface area contributed by atoms with Gasteiger partial charge in [-0.25, -0.2) is 14.2 Å². The number of carbonyl (C=O) groups is 1. The van der Waals surface area contributed by atoms with Crippen LogP contribution in [0.3, 0.4) is 0 Å². The van der Waals surface area contributed by atoms with Gasteiger partial charge in [0.2, 0.25) is 0 Å². The molecule has 0 spiro atoms. The fraction of sp³-hybridized carbons (Fsp3) is 0.172. The molecule has 3 aromatic carbocycles. The van der Waals surface area contributed by atoms with Crippen LogP contribution in [0.15, 0.2) is 72.8 Å². The van der Waals surface area contributed by atoms with E-state index in [2.05, 4.69) is 37.3 Å². The van der Waals surface area contributed by atoms with Crippen molar-refractivity contribution in [3.63, 3.8) is 0 Å². The number of halogens is 1. The Morgan fingerprint density at radius 3 is 2.56 bits per heavy atom. The first kappa shape index (κ1) is 21.8. The Bertz CT molecular complexity index is 1390. The quantitative estimate of drug-likeness (QED) is 0.250. The molecule has 0 bridgehead atoms. The van der Waals surface area contributed by atoms with Crippen LogP contribution >= 0.6 is 0 Å². The number of esters is 1. The molecule has 0 fully saturated rings. The highest BCUT2D eigenvalue weighted by Crippen LogP contribution is 2.37. The van der Waals surface area contributed by atoms with Gasteiger partial charge in [-0.15, -0.1) is 0 Å². The number of benzene rings is 3. The molecule has 0 amide bonds. The highest BCUT2D eigenvalue weighted by molar-refractivity contribution is 6.07. The van der Waals surface area contributed by atoms with Gasteiger partial charge in [0.25, 0.3) is 0 Å². The normalized spacial score (nSPS) is 13.8. The molecule has 0 atom stereocenters. The molecule has 1 aliphatic rings. The van der Waals surface area contributed by atoms with Crippen molar-refractivity contribution in [2.24, 2.45) is 0 Å². The van der Waals surface area contributed by atoms with Crippen molar-refractivity contribution in [3.05, 3.63) is 107 Å². The number of aryl methyl sites for hydroxylation is 1. The fourth-order valence-electron chi connectivity index (χ4n) is 4.30. The number of rotatable bonds is 6. The Balaban J connectivity index is 1.41. The maximum absolute atomic E-state index is 13.7. The number of aromatic nitrogens is 1. The molecule has 0 saturated carbocycles. The minimum Gasteiger partial charge on any atom is -0.487 e. The van der Waals surface area contributed by atoms with E-state index in [-0.39, 0.29) is 19.0 Å². The molecule has 5 rings (SSSR count). The number of carbonyl (C=O) groups excluding carboxylic acids is 1. The Morgan fingerprint density at radius 2 is 1.74 bits per heavy atom. The lowest BCUT2D eigenvalue weighted by molar-refractivity contribution is 0.0449. The number of hydrogen-bond acceptors (Lipinski definition) is 4. The zero-order chi connectivity index (χ0) is 23.5. The smallest absolute Gasteiger partial charge is 0.339 e. The molecule has 5 heteroatoms.